The van der Waals surface area contributed by atoms with Gasteiger partial charge in [-0.2, -0.15) is 5.10 Å². The highest BCUT2D eigenvalue weighted by molar-refractivity contribution is 8.14. The molecule has 1 aliphatic heterocycles. The van der Waals surface area contributed by atoms with Gasteiger partial charge in [-0.3, -0.25) is 5.43 Å². The van der Waals surface area contributed by atoms with E-state index in [1.807, 2.05) is 66.7 Å². The minimum Gasteiger partial charge on any atom is -0.331 e. The SMILES string of the molecule is Clc1ccc2c(c1)N(c1ccccc1)CS/C2=N\Nc1ccccc1. The summed E-state index contributed by atoms with van der Waals surface area (Å²) in [5, 5.41) is 6.30. The van der Waals surface area contributed by atoms with Gasteiger partial charge in [-0.25, -0.2) is 0 Å². The minimum atomic E-state index is 0.724. The molecule has 3 nitrogen and oxygen atoms in total. The van der Waals surface area contributed by atoms with Crippen molar-refractivity contribution < 1.29 is 0 Å². The first-order chi connectivity index (χ1) is 12.3. The monoisotopic (exact) mass is 365 g/mol. The third-order valence-corrected chi connectivity index (χ3v) is 5.15. The normalized spacial score (nSPS) is 15.1. The number of nitrogens with zero attached hydrogens (tertiary/aromatic N) is 2. The quantitative estimate of drug-likeness (QED) is 0.580. The summed E-state index contributed by atoms with van der Waals surface area (Å²) in [6.45, 7) is 0. The number of fused-ring (bicyclic) bond motifs is 1. The molecule has 25 heavy (non-hydrogen) atoms. The third kappa shape index (κ3) is 3.50. The second kappa shape index (κ2) is 7.21. The van der Waals surface area contributed by atoms with Crippen LogP contribution in [-0.4, -0.2) is 10.9 Å². The molecule has 3 aromatic carbocycles. The number of hydrogen-bond donors (Lipinski definition) is 1. The molecule has 0 bridgehead atoms. The first-order valence-corrected chi connectivity index (χ1v) is 9.32. The highest BCUT2D eigenvalue weighted by atomic mass is 35.5. The van der Waals surface area contributed by atoms with Crippen molar-refractivity contribution >= 4 is 45.5 Å². The van der Waals surface area contributed by atoms with Crippen molar-refractivity contribution in [2.45, 2.75) is 0 Å². The average molecular weight is 366 g/mol. The number of hydrazone groups is 1. The lowest BCUT2D eigenvalue weighted by molar-refractivity contribution is 1.16. The van der Waals surface area contributed by atoms with Crippen molar-refractivity contribution in [2.75, 3.05) is 16.2 Å². The lowest BCUT2D eigenvalue weighted by Crippen LogP contribution is -2.25. The Kier molecular flexibility index (Phi) is 4.63. The maximum Gasteiger partial charge on any atom is 0.127 e. The second-order valence-electron chi connectivity index (χ2n) is 5.59. The van der Waals surface area contributed by atoms with Crippen LogP contribution in [0.4, 0.5) is 17.1 Å². The molecule has 0 aliphatic carbocycles. The van der Waals surface area contributed by atoms with E-state index < -0.39 is 0 Å². The number of halogens is 1. The Bertz CT molecular complexity index is 897. The molecule has 0 unspecified atom stereocenters. The molecular weight excluding hydrogens is 350 g/mol. The van der Waals surface area contributed by atoms with Gasteiger partial charge in [-0.1, -0.05) is 59.8 Å². The predicted octanol–water partition coefficient (Wildman–Crippen LogP) is 5.96. The van der Waals surface area contributed by atoms with Gasteiger partial charge in [0, 0.05) is 16.3 Å². The molecule has 0 aromatic heterocycles. The summed E-state index contributed by atoms with van der Waals surface area (Å²) in [5.74, 6) is 0.784. The molecule has 0 saturated heterocycles. The highest BCUT2D eigenvalue weighted by Gasteiger charge is 2.24. The first kappa shape index (κ1) is 16.1. The predicted molar refractivity (Wildman–Crippen MR) is 109 cm³/mol. The molecule has 1 N–H and O–H groups in total. The van der Waals surface area contributed by atoms with Gasteiger partial charge < -0.3 is 4.90 Å². The van der Waals surface area contributed by atoms with Crippen LogP contribution in [0.1, 0.15) is 5.56 Å². The lowest BCUT2D eigenvalue weighted by Gasteiger charge is -2.31. The van der Waals surface area contributed by atoms with E-state index in [0.717, 1.165) is 38.6 Å². The molecule has 0 radical (unpaired) electrons. The maximum atomic E-state index is 6.26. The summed E-state index contributed by atoms with van der Waals surface area (Å²) in [5.41, 5.74) is 7.41. The maximum absolute atomic E-state index is 6.26. The summed E-state index contributed by atoms with van der Waals surface area (Å²) in [6, 6.07) is 26.2. The molecule has 0 spiro atoms. The average Bonchev–Trinajstić information content (AvgIpc) is 2.67. The van der Waals surface area contributed by atoms with E-state index in [2.05, 4.69) is 27.6 Å². The molecular formula is C20H16ClN3S. The Labute approximate surface area is 156 Å². The smallest absolute Gasteiger partial charge is 0.127 e. The Hall–Kier alpha value is -2.43. The summed E-state index contributed by atoms with van der Waals surface area (Å²) >= 11 is 7.97. The first-order valence-electron chi connectivity index (χ1n) is 7.95. The third-order valence-electron chi connectivity index (χ3n) is 3.94. The molecule has 0 amide bonds. The van der Waals surface area contributed by atoms with Gasteiger partial charge >= 0.3 is 0 Å². The summed E-state index contributed by atoms with van der Waals surface area (Å²) in [7, 11) is 0. The Morgan fingerprint density at radius 1 is 0.920 bits per heavy atom. The van der Waals surface area contributed by atoms with Gasteiger partial charge in [-0.15, -0.1) is 0 Å². The van der Waals surface area contributed by atoms with Gasteiger partial charge in [-0.05, 0) is 42.5 Å². The van der Waals surface area contributed by atoms with Gasteiger partial charge in [0.1, 0.15) is 5.04 Å². The fourth-order valence-electron chi connectivity index (χ4n) is 2.72. The van der Waals surface area contributed by atoms with Gasteiger partial charge in [0.05, 0.1) is 17.3 Å². The standard InChI is InChI=1S/C20H16ClN3S/c21-15-11-12-18-19(13-15)24(17-9-5-2-6-10-17)14-25-20(18)23-22-16-7-3-1-4-8-16/h1-13,22H,14H2/b23-20-. The summed E-state index contributed by atoms with van der Waals surface area (Å²) in [4.78, 5) is 2.26. The van der Waals surface area contributed by atoms with Crippen molar-refractivity contribution in [3.63, 3.8) is 0 Å². The van der Waals surface area contributed by atoms with E-state index in [9.17, 15) is 0 Å². The number of hydrogen-bond acceptors (Lipinski definition) is 4. The van der Waals surface area contributed by atoms with Crippen LogP contribution in [0.25, 0.3) is 0 Å². The molecule has 0 saturated carbocycles. The Balaban J connectivity index is 1.70. The highest BCUT2D eigenvalue weighted by Crippen LogP contribution is 2.38. The lowest BCUT2D eigenvalue weighted by atomic mass is 10.1. The fraction of sp³-hybridized carbons (Fsp3) is 0.0500. The zero-order valence-electron chi connectivity index (χ0n) is 13.4. The molecule has 1 heterocycles. The van der Waals surface area contributed by atoms with Crippen molar-refractivity contribution in [1.29, 1.82) is 0 Å². The van der Waals surface area contributed by atoms with E-state index in [4.69, 9.17) is 11.6 Å². The van der Waals surface area contributed by atoms with Crippen molar-refractivity contribution in [3.05, 3.63) is 89.4 Å². The number of nitrogens with one attached hydrogen (secondary N) is 1. The van der Waals surface area contributed by atoms with E-state index in [1.165, 1.54) is 0 Å². The van der Waals surface area contributed by atoms with Crippen LogP contribution in [0.15, 0.2) is 84.0 Å². The topological polar surface area (TPSA) is 27.6 Å². The van der Waals surface area contributed by atoms with Crippen molar-refractivity contribution in [1.82, 2.24) is 0 Å². The zero-order valence-corrected chi connectivity index (χ0v) is 15.0. The fourth-order valence-corrected chi connectivity index (χ4v) is 3.87. The number of anilines is 3. The molecule has 3 aromatic rings. The summed E-state index contributed by atoms with van der Waals surface area (Å²) < 4.78 is 0. The van der Waals surface area contributed by atoms with Crippen LogP contribution in [0.2, 0.25) is 5.02 Å². The molecule has 5 heteroatoms. The largest absolute Gasteiger partial charge is 0.331 e. The molecule has 124 valence electrons. The van der Waals surface area contributed by atoms with Crippen molar-refractivity contribution in [3.8, 4) is 0 Å². The molecule has 0 fully saturated rings. The van der Waals surface area contributed by atoms with Crippen LogP contribution in [0, 0.1) is 0 Å². The van der Waals surface area contributed by atoms with Gasteiger partial charge in [0.2, 0.25) is 0 Å². The second-order valence-corrected chi connectivity index (χ2v) is 6.96. The van der Waals surface area contributed by atoms with E-state index in [-0.39, 0.29) is 0 Å². The van der Waals surface area contributed by atoms with Crippen LogP contribution < -0.4 is 10.3 Å². The molecule has 4 rings (SSSR count). The van der Waals surface area contributed by atoms with Crippen LogP contribution in [0.5, 0.6) is 0 Å². The van der Waals surface area contributed by atoms with Crippen molar-refractivity contribution in [2.24, 2.45) is 5.10 Å². The van der Waals surface area contributed by atoms with E-state index in [1.54, 1.807) is 11.8 Å². The number of para-hydroxylation sites is 2. The number of benzene rings is 3. The van der Waals surface area contributed by atoms with Crippen LogP contribution in [-0.2, 0) is 0 Å². The molecule has 0 atom stereocenters. The van der Waals surface area contributed by atoms with E-state index >= 15 is 0 Å². The Morgan fingerprint density at radius 3 is 2.40 bits per heavy atom. The number of rotatable bonds is 3. The van der Waals surface area contributed by atoms with Crippen LogP contribution in [0.3, 0.4) is 0 Å². The molecule has 1 aliphatic rings. The van der Waals surface area contributed by atoms with E-state index in [0.29, 0.717) is 0 Å². The summed E-state index contributed by atoms with van der Waals surface area (Å²) in [6.07, 6.45) is 0. The minimum absolute atomic E-state index is 0.724. The Morgan fingerprint density at radius 2 is 1.64 bits per heavy atom. The van der Waals surface area contributed by atoms with Gasteiger partial charge in [0.25, 0.3) is 0 Å². The van der Waals surface area contributed by atoms with Crippen LogP contribution >= 0.6 is 23.4 Å². The van der Waals surface area contributed by atoms with Gasteiger partial charge in [0.15, 0.2) is 0 Å². The number of thioether (sulfide) groups is 1. The zero-order chi connectivity index (χ0) is 17.1.